The fraction of sp³-hybridized carbons (Fsp3) is 0.286. The number of benzene rings is 1. The van der Waals surface area contributed by atoms with Gasteiger partial charge in [0.2, 0.25) is 0 Å². The molecule has 1 unspecified atom stereocenters. The van der Waals surface area contributed by atoms with E-state index in [-0.39, 0.29) is 6.04 Å². The summed E-state index contributed by atoms with van der Waals surface area (Å²) in [5.74, 6) is 0. The molecule has 0 aliphatic rings. The Balaban J connectivity index is 2.44. The highest BCUT2D eigenvalue weighted by molar-refractivity contribution is 14.1. The van der Waals surface area contributed by atoms with E-state index in [4.69, 9.17) is 0 Å². The maximum atomic E-state index is 3.58. The topological polar surface area (TPSA) is 12.0 Å². The lowest BCUT2D eigenvalue weighted by molar-refractivity contribution is 0.637. The van der Waals surface area contributed by atoms with Gasteiger partial charge in [0.1, 0.15) is 0 Å². The van der Waals surface area contributed by atoms with Crippen molar-refractivity contribution in [1.29, 1.82) is 0 Å². The highest BCUT2D eigenvalue weighted by Crippen LogP contribution is 2.33. The van der Waals surface area contributed by atoms with E-state index in [2.05, 4.69) is 88.0 Å². The van der Waals surface area contributed by atoms with Crippen LogP contribution in [0.25, 0.3) is 0 Å². The van der Waals surface area contributed by atoms with E-state index in [1.807, 2.05) is 0 Å². The van der Waals surface area contributed by atoms with Gasteiger partial charge in [0.15, 0.2) is 0 Å². The highest BCUT2D eigenvalue weighted by Gasteiger charge is 2.18. The first-order chi connectivity index (χ1) is 8.63. The molecule has 0 saturated heterocycles. The summed E-state index contributed by atoms with van der Waals surface area (Å²) in [6.45, 7) is 5.28. The number of aryl methyl sites for hydroxylation is 1. The highest BCUT2D eigenvalue weighted by atomic mass is 127. The molecule has 0 amide bonds. The smallest absolute Gasteiger partial charge is 0.0702 e. The van der Waals surface area contributed by atoms with Crippen molar-refractivity contribution in [2.45, 2.75) is 19.9 Å². The van der Waals surface area contributed by atoms with Crippen LogP contribution in [-0.4, -0.2) is 6.54 Å². The van der Waals surface area contributed by atoms with Gasteiger partial charge in [-0.05, 0) is 75.2 Å². The van der Waals surface area contributed by atoms with Crippen molar-refractivity contribution >= 4 is 49.9 Å². The second-order valence-corrected chi connectivity index (χ2v) is 7.68. The van der Waals surface area contributed by atoms with E-state index in [0.717, 1.165) is 6.54 Å². The van der Waals surface area contributed by atoms with Crippen LogP contribution in [0.5, 0.6) is 0 Å². The Morgan fingerprint density at radius 2 is 2.11 bits per heavy atom. The van der Waals surface area contributed by atoms with Crippen LogP contribution in [0.3, 0.4) is 0 Å². The standard InChI is InChI=1S/C14H15BrINS/c1-3-17-14(11-7-8-12(15)18-11)10-6-4-5-9(2)13(10)16/h4-8,14,17H,3H2,1-2H3. The molecule has 18 heavy (non-hydrogen) atoms. The maximum Gasteiger partial charge on any atom is 0.0702 e. The van der Waals surface area contributed by atoms with E-state index in [9.17, 15) is 0 Å². The van der Waals surface area contributed by atoms with E-state index >= 15 is 0 Å². The number of rotatable bonds is 4. The van der Waals surface area contributed by atoms with Crippen LogP contribution in [0, 0.1) is 10.5 Å². The van der Waals surface area contributed by atoms with Gasteiger partial charge in [0.25, 0.3) is 0 Å². The lowest BCUT2D eigenvalue weighted by Crippen LogP contribution is -2.22. The molecule has 0 radical (unpaired) electrons. The second-order valence-electron chi connectivity index (χ2n) is 4.11. The van der Waals surface area contributed by atoms with Crippen LogP contribution in [0.4, 0.5) is 0 Å². The first-order valence-electron chi connectivity index (χ1n) is 5.87. The van der Waals surface area contributed by atoms with Crippen LogP contribution in [0.15, 0.2) is 34.1 Å². The number of hydrogen-bond donors (Lipinski definition) is 1. The van der Waals surface area contributed by atoms with Crippen molar-refractivity contribution < 1.29 is 0 Å². The van der Waals surface area contributed by atoms with E-state index in [1.165, 1.54) is 23.4 Å². The van der Waals surface area contributed by atoms with Gasteiger partial charge in [-0.25, -0.2) is 0 Å². The van der Waals surface area contributed by atoms with Gasteiger partial charge in [0.05, 0.1) is 9.83 Å². The third kappa shape index (κ3) is 3.15. The molecule has 1 atom stereocenters. The van der Waals surface area contributed by atoms with Gasteiger partial charge in [-0.3, -0.25) is 0 Å². The molecule has 0 spiro atoms. The number of hydrogen-bond acceptors (Lipinski definition) is 2. The average Bonchev–Trinajstić information content (AvgIpc) is 2.77. The summed E-state index contributed by atoms with van der Waals surface area (Å²) in [7, 11) is 0. The molecule has 96 valence electrons. The SMILES string of the molecule is CCNC(c1ccc(Br)s1)c1cccc(C)c1I. The molecular formula is C14H15BrINS. The lowest BCUT2D eigenvalue weighted by atomic mass is 10.0. The van der Waals surface area contributed by atoms with Crippen molar-refractivity contribution in [3.8, 4) is 0 Å². The fourth-order valence-electron chi connectivity index (χ4n) is 1.94. The average molecular weight is 436 g/mol. The Hall–Kier alpha value is 0.0900. The van der Waals surface area contributed by atoms with E-state index in [0.29, 0.717) is 0 Å². The molecule has 2 aromatic rings. The minimum atomic E-state index is 0.290. The molecular weight excluding hydrogens is 421 g/mol. The van der Waals surface area contributed by atoms with Crippen molar-refractivity contribution in [3.63, 3.8) is 0 Å². The van der Waals surface area contributed by atoms with E-state index < -0.39 is 0 Å². The summed E-state index contributed by atoms with van der Waals surface area (Å²) in [5.41, 5.74) is 2.71. The zero-order valence-electron chi connectivity index (χ0n) is 10.3. The van der Waals surface area contributed by atoms with Gasteiger partial charge >= 0.3 is 0 Å². The number of nitrogens with one attached hydrogen (secondary N) is 1. The molecule has 1 N–H and O–H groups in total. The molecule has 2 rings (SSSR count). The van der Waals surface area contributed by atoms with Crippen molar-refractivity contribution in [1.82, 2.24) is 5.32 Å². The third-order valence-corrected chi connectivity index (χ3v) is 5.98. The third-order valence-electron chi connectivity index (χ3n) is 2.82. The molecule has 1 heterocycles. The quantitative estimate of drug-likeness (QED) is 0.657. The summed E-state index contributed by atoms with van der Waals surface area (Å²) in [6.07, 6.45) is 0. The first kappa shape index (κ1) is 14.5. The summed E-state index contributed by atoms with van der Waals surface area (Å²) in [6, 6.07) is 11.1. The largest absolute Gasteiger partial charge is 0.306 e. The zero-order chi connectivity index (χ0) is 13.1. The summed E-state index contributed by atoms with van der Waals surface area (Å²) in [4.78, 5) is 1.35. The monoisotopic (exact) mass is 435 g/mol. The molecule has 0 saturated carbocycles. The van der Waals surface area contributed by atoms with Crippen molar-refractivity contribution in [3.05, 3.63) is 53.7 Å². The fourth-order valence-corrected chi connectivity index (χ4v) is 4.13. The Labute approximate surface area is 134 Å². The summed E-state index contributed by atoms with van der Waals surface area (Å²) in [5, 5.41) is 3.58. The van der Waals surface area contributed by atoms with Crippen LogP contribution in [0.2, 0.25) is 0 Å². The van der Waals surface area contributed by atoms with Gasteiger partial charge in [0, 0.05) is 8.45 Å². The summed E-state index contributed by atoms with van der Waals surface area (Å²) < 4.78 is 2.54. The predicted octanol–water partition coefficient (Wildman–Crippen LogP) is 5.12. The zero-order valence-corrected chi connectivity index (χ0v) is 14.9. The van der Waals surface area contributed by atoms with Gasteiger partial charge in [-0.2, -0.15) is 0 Å². The molecule has 1 nitrogen and oxygen atoms in total. The van der Waals surface area contributed by atoms with Crippen LogP contribution >= 0.6 is 49.9 Å². The van der Waals surface area contributed by atoms with Crippen LogP contribution in [0.1, 0.15) is 29.0 Å². The second kappa shape index (κ2) is 6.50. The normalized spacial score (nSPS) is 12.7. The number of thiophene rings is 1. The molecule has 1 aromatic carbocycles. The Morgan fingerprint density at radius 1 is 1.33 bits per heavy atom. The Morgan fingerprint density at radius 3 is 2.72 bits per heavy atom. The van der Waals surface area contributed by atoms with Crippen LogP contribution in [-0.2, 0) is 0 Å². The van der Waals surface area contributed by atoms with Crippen LogP contribution < -0.4 is 5.32 Å². The minimum Gasteiger partial charge on any atom is -0.306 e. The molecule has 0 fully saturated rings. The number of halogens is 2. The molecule has 0 aliphatic carbocycles. The van der Waals surface area contributed by atoms with Gasteiger partial charge in [-0.1, -0.05) is 25.1 Å². The molecule has 4 heteroatoms. The molecule has 0 aliphatic heterocycles. The minimum absolute atomic E-state index is 0.290. The van der Waals surface area contributed by atoms with Gasteiger partial charge in [-0.15, -0.1) is 11.3 Å². The first-order valence-corrected chi connectivity index (χ1v) is 8.56. The molecule has 0 bridgehead atoms. The Bertz CT molecular complexity index is 538. The van der Waals surface area contributed by atoms with Crippen molar-refractivity contribution in [2.24, 2.45) is 0 Å². The molecule has 1 aromatic heterocycles. The Kier molecular flexibility index (Phi) is 5.24. The predicted molar refractivity (Wildman–Crippen MR) is 91.4 cm³/mol. The lowest BCUT2D eigenvalue weighted by Gasteiger charge is -2.19. The van der Waals surface area contributed by atoms with E-state index in [1.54, 1.807) is 11.3 Å². The summed E-state index contributed by atoms with van der Waals surface area (Å²) >= 11 is 7.79. The van der Waals surface area contributed by atoms with Crippen molar-refractivity contribution in [2.75, 3.05) is 6.54 Å². The van der Waals surface area contributed by atoms with Gasteiger partial charge < -0.3 is 5.32 Å². The maximum absolute atomic E-state index is 3.58.